The summed E-state index contributed by atoms with van der Waals surface area (Å²) in [7, 11) is 0. The molecule has 4 heteroatoms. The lowest BCUT2D eigenvalue weighted by Gasteiger charge is -2.37. The van der Waals surface area contributed by atoms with Crippen molar-refractivity contribution in [3.05, 3.63) is 35.4 Å². The van der Waals surface area contributed by atoms with E-state index in [2.05, 4.69) is 11.4 Å². The number of hydrogen-bond acceptors (Lipinski definition) is 3. The molecule has 3 N–H and O–H groups in total. The summed E-state index contributed by atoms with van der Waals surface area (Å²) < 4.78 is 0. The molecule has 2 rings (SSSR count). The van der Waals surface area contributed by atoms with Crippen LogP contribution in [0.4, 0.5) is 0 Å². The van der Waals surface area contributed by atoms with E-state index in [0.29, 0.717) is 12.0 Å². The zero-order valence-corrected chi connectivity index (χ0v) is 11.1. The van der Waals surface area contributed by atoms with E-state index in [1.165, 1.54) is 0 Å². The number of carbonyl (C=O) groups excluding carboxylic acids is 1. The molecular weight excluding hydrogens is 238 g/mol. The molecule has 1 atom stereocenters. The molecule has 0 aliphatic heterocycles. The number of hydrogen-bond donors (Lipinski definition) is 2. The van der Waals surface area contributed by atoms with Gasteiger partial charge in [-0.1, -0.05) is 12.1 Å². The van der Waals surface area contributed by atoms with Crippen LogP contribution in [0.15, 0.2) is 24.3 Å². The van der Waals surface area contributed by atoms with Gasteiger partial charge in [-0.15, -0.1) is 0 Å². The molecule has 1 saturated carbocycles. The van der Waals surface area contributed by atoms with Crippen molar-refractivity contribution in [2.24, 2.45) is 5.73 Å². The summed E-state index contributed by atoms with van der Waals surface area (Å²) in [6, 6.07) is 9.26. The molecule has 0 radical (unpaired) electrons. The van der Waals surface area contributed by atoms with Crippen LogP contribution in [0.5, 0.6) is 0 Å². The number of amides is 1. The van der Waals surface area contributed by atoms with Gasteiger partial charge in [0.2, 0.25) is 5.91 Å². The molecule has 100 valence electrons. The second-order valence-electron chi connectivity index (χ2n) is 5.42. The molecule has 4 nitrogen and oxygen atoms in total. The lowest BCUT2D eigenvalue weighted by molar-refractivity contribution is -0.123. The molecule has 0 aromatic heterocycles. The van der Waals surface area contributed by atoms with E-state index in [4.69, 9.17) is 11.0 Å². The Bertz CT molecular complexity index is 497. The second kappa shape index (κ2) is 5.41. The van der Waals surface area contributed by atoms with Gasteiger partial charge >= 0.3 is 0 Å². The van der Waals surface area contributed by atoms with Crippen molar-refractivity contribution in [3.8, 4) is 6.07 Å². The van der Waals surface area contributed by atoms with Crippen LogP contribution in [0.2, 0.25) is 0 Å². The first-order valence-corrected chi connectivity index (χ1v) is 6.61. The third-order valence-corrected chi connectivity index (χ3v) is 3.78. The van der Waals surface area contributed by atoms with E-state index >= 15 is 0 Å². The minimum Gasteiger partial charge on any atom is -0.350 e. The van der Waals surface area contributed by atoms with E-state index in [0.717, 1.165) is 24.8 Å². The summed E-state index contributed by atoms with van der Waals surface area (Å²) in [4.78, 5) is 11.9. The number of nitriles is 1. The first kappa shape index (κ1) is 13.6. The quantitative estimate of drug-likeness (QED) is 0.866. The van der Waals surface area contributed by atoms with Gasteiger partial charge in [-0.25, -0.2) is 0 Å². The Morgan fingerprint density at radius 3 is 2.58 bits per heavy atom. The summed E-state index contributed by atoms with van der Waals surface area (Å²) in [5, 5.41) is 11.7. The van der Waals surface area contributed by atoms with E-state index in [9.17, 15) is 4.79 Å². The van der Waals surface area contributed by atoms with Crippen molar-refractivity contribution in [2.75, 3.05) is 0 Å². The summed E-state index contributed by atoms with van der Waals surface area (Å²) in [6.07, 6.45) is 3.39. The van der Waals surface area contributed by atoms with Crippen LogP contribution in [0.1, 0.15) is 49.8 Å². The maximum Gasteiger partial charge on any atom is 0.222 e. The first-order valence-electron chi connectivity index (χ1n) is 6.61. The highest BCUT2D eigenvalue weighted by molar-refractivity contribution is 5.77. The Morgan fingerprint density at radius 2 is 2.11 bits per heavy atom. The topological polar surface area (TPSA) is 78.9 Å². The maximum absolute atomic E-state index is 11.9. The van der Waals surface area contributed by atoms with Crippen LogP contribution >= 0.6 is 0 Å². The third-order valence-electron chi connectivity index (χ3n) is 3.78. The lowest BCUT2D eigenvalue weighted by atomic mass is 9.75. The Hall–Kier alpha value is -1.86. The summed E-state index contributed by atoms with van der Waals surface area (Å²) in [5.74, 6) is -0.000871. The molecule has 1 aromatic carbocycles. The molecule has 0 heterocycles. The van der Waals surface area contributed by atoms with E-state index < -0.39 is 0 Å². The van der Waals surface area contributed by atoms with Crippen LogP contribution in [-0.4, -0.2) is 11.4 Å². The number of rotatable bonds is 4. The highest BCUT2D eigenvalue weighted by atomic mass is 16.1. The van der Waals surface area contributed by atoms with Crippen molar-refractivity contribution in [2.45, 2.75) is 44.2 Å². The molecule has 1 fully saturated rings. The minimum atomic E-state index is -0.283. The zero-order chi connectivity index (χ0) is 13.9. The van der Waals surface area contributed by atoms with Crippen LogP contribution in [0.25, 0.3) is 0 Å². The van der Waals surface area contributed by atoms with Crippen molar-refractivity contribution >= 4 is 5.91 Å². The SMILES string of the molecule is CC(NC(=O)CC1(N)CCC1)c1ccc(C#N)cc1. The van der Waals surface area contributed by atoms with E-state index in [1.807, 2.05) is 19.1 Å². The van der Waals surface area contributed by atoms with Gasteiger partial charge in [-0.2, -0.15) is 5.26 Å². The normalized spacial score (nSPS) is 17.9. The van der Waals surface area contributed by atoms with E-state index in [1.54, 1.807) is 12.1 Å². The second-order valence-corrected chi connectivity index (χ2v) is 5.42. The Morgan fingerprint density at radius 1 is 1.47 bits per heavy atom. The van der Waals surface area contributed by atoms with Crippen molar-refractivity contribution < 1.29 is 4.79 Å². The molecular formula is C15H19N3O. The largest absolute Gasteiger partial charge is 0.350 e. The van der Waals surface area contributed by atoms with Gasteiger partial charge in [-0.05, 0) is 43.9 Å². The van der Waals surface area contributed by atoms with Gasteiger partial charge in [0, 0.05) is 12.0 Å². The smallest absolute Gasteiger partial charge is 0.222 e. The Balaban J connectivity index is 1.90. The highest BCUT2D eigenvalue weighted by Crippen LogP contribution is 2.32. The fraction of sp³-hybridized carbons (Fsp3) is 0.467. The van der Waals surface area contributed by atoms with Crippen molar-refractivity contribution in [1.82, 2.24) is 5.32 Å². The lowest BCUT2D eigenvalue weighted by Crippen LogP contribution is -2.50. The van der Waals surface area contributed by atoms with Gasteiger partial charge in [-0.3, -0.25) is 4.79 Å². The molecule has 1 aromatic rings. The third kappa shape index (κ3) is 3.33. The summed E-state index contributed by atoms with van der Waals surface area (Å²) in [6.45, 7) is 1.93. The molecule has 19 heavy (non-hydrogen) atoms. The fourth-order valence-corrected chi connectivity index (χ4v) is 2.35. The predicted molar refractivity (Wildman–Crippen MR) is 73.1 cm³/mol. The van der Waals surface area contributed by atoms with Crippen LogP contribution in [-0.2, 0) is 4.79 Å². The average Bonchev–Trinajstić information content (AvgIpc) is 2.36. The van der Waals surface area contributed by atoms with E-state index in [-0.39, 0.29) is 17.5 Å². The van der Waals surface area contributed by atoms with Gasteiger partial charge < -0.3 is 11.1 Å². The van der Waals surface area contributed by atoms with Gasteiger partial charge in [0.1, 0.15) is 0 Å². The zero-order valence-electron chi connectivity index (χ0n) is 11.1. The maximum atomic E-state index is 11.9. The van der Waals surface area contributed by atoms with Crippen LogP contribution < -0.4 is 11.1 Å². The minimum absolute atomic E-state index is 0.000871. The monoisotopic (exact) mass is 257 g/mol. The molecule has 1 aliphatic rings. The molecule has 0 saturated heterocycles. The number of nitrogens with zero attached hydrogens (tertiary/aromatic N) is 1. The molecule has 1 unspecified atom stereocenters. The number of benzene rings is 1. The number of nitrogens with two attached hydrogens (primary N) is 1. The highest BCUT2D eigenvalue weighted by Gasteiger charge is 2.34. The van der Waals surface area contributed by atoms with Crippen molar-refractivity contribution in [3.63, 3.8) is 0 Å². The Kier molecular flexibility index (Phi) is 3.87. The first-order chi connectivity index (χ1) is 9.02. The fourth-order valence-electron chi connectivity index (χ4n) is 2.35. The molecule has 1 amide bonds. The number of carbonyl (C=O) groups is 1. The Labute approximate surface area is 113 Å². The van der Waals surface area contributed by atoms with Crippen molar-refractivity contribution in [1.29, 1.82) is 5.26 Å². The summed E-state index contributed by atoms with van der Waals surface area (Å²) in [5.41, 5.74) is 7.39. The van der Waals surface area contributed by atoms with Gasteiger partial charge in [0.15, 0.2) is 0 Å². The predicted octanol–water partition coefficient (Wildman–Crippen LogP) is 2.01. The summed E-state index contributed by atoms with van der Waals surface area (Å²) >= 11 is 0. The average molecular weight is 257 g/mol. The number of nitrogens with one attached hydrogen (secondary N) is 1. The van der Waals surface area contributed by atoms with Crippen LogP contribution in [0, 0.1) is 11.3 Å². The molecule has 1 aliphatic carbocycles. The molecule has 0 spiro atoms. The van der Waals surface area contributed by atoms with Gasteiger partial charge in [0.05, 0.1) is 17.7 Å². The molecule has 0 bridgehead atoms. The standard InChI is InChI=1S/C15H19N3O/c1-11(13-5-3-12(10-16)4-6-13)18-14(19)9-15(17)7-2-8-15/h3-6,11H,2,7-9,17H2,1H3,(H,18,19). The van der Waals surface area contributed by atoms with Crippen LogP contribution in [0.3, 0.4) is 0 Å². The van der Waals surface area contributed by atoms with Gasteiger partial charge in [0.25, 0.3) is 0 Å².